The summed E-state index contributed by atoms with van der Waals surface area (Å²) in [6, 6.07) is 13.4. The molecule has 0 unspecified atom stereocenters. The summed E-state index contributed by atoms with van der Waals surface area (Å²) in [7, 11) is 1.60. The van der Waals surface area contributed by atoms with Gasteiger partial charge in [-0.25, -0.2) is 0 Å². The first-order valence-electron chi connectivity index (χ1n) is 8.69. The van der Waals surface area contributed by atoms with Crippen LogP contribution in [0.4, 0.5) is 5.69 Å². The zero-order valence-electron chi connectivity index (χ0n) is 16.1. The minimum absolute atomic E-state index is 0.0491. The monoisotopic (exact) mass is 431 g/mol. The van der Waals surface area contributed by atoms with Crippen molar-refractivity contribution < 1.29 is 14.3 Å². The standard InChI is InChI=1S/C21H21NO3S3/c1-13(2)25-17-9-8-14(10-18(17)24-3)11-19-20(23)22(21(26)28-19)15-6-5-7-16(12-15)27-4/h5-13H,1-4H3/b19-11-. The fraction of sp³-hybridized carbons (Fsp3) is 0.238. The maximum Gasteiger partial charge on any atom is 0.270 e. The fourth-order valence-electron chi connectivity index (χ4n) is 2.72. The second kappa shape index (κ2) is 9.03. The summed E-state index contributed by atoms with van der Waals surface area (Å²) < 4.78 is 11.7. The minimum Gasteiger partial charge on any atom is -0.493 e. The summed E-state index contributed by atoms with van der Waals surface area (Å²) in [4.78, 5) is 16.2. The maximum absolute atomic E-state index is 13.0. The number of hydrogen-bond acceptors (Lipinski definition) is 6. The summed E-state index contributed by atoms with van der Waals surface area (Å²) in [6.07, 6.45) is 3.89. The highest BCUT2D eigenvalue weighted by molar-refractivity contribution is 8.27. The first-order chi connectivity index (χ1) is 13.4. The van der Waals surface area contributed by atoms with Crippen molar-refractivity contribution in [1.82, 2.24) is 0 Å². The van der Waals surface area contributed by atoms with Gasteiger partial charge in [-0.1, -0.05) is 36.1 Å². The van der Waals surface area contributed by atoms with Crippen LogP contribution in [0.15, 0.2) is 52.3 Å². The predicted octanol–water partition coefficient (Wildman–Crippen LogP) is 5.61. The lowest BCUT2D eigenvalue weighted by Crippen LogP contribution is -2.27. The Labute approximate surface area is 179 Å². The Morgan fingerprint density at radius 3 is 2.64 bits per heavy atom. The molecule has 28 heavy (non-hydrogen) atoms. The molecule has 0 N–H and O–H groups in total. The summed E-state index contributed by atoms with van der Waals surface area (Å²) in [5, 5.41) is 0. The third-order valence-corrected chi connectivity index (χ3v) is 5.98. The van der Waals surface area contributed by atoms with Crippen molar-refractivity contribution in [2.45, 2.75) is 24.8 Å². The van der Waals surface area contributed by atoms with Gasteiger partial charge in [0.05, 0.1) is 23.8 Å². The van der Waals surface area contributed by atoms with Crippen LogP contribution in [0.2, 0.25) is 0 Å². The Hall–Kier alpha value is -1.96. The molecule has 2 aromatic rings. The molecule has 0 saturated carbocycles. The number of thioether (sulfide) groups is 2. The van der Waals surface area contributed by atoms with Gasteiger partial charge in [0.15, 0.2) is 15.8 Å². The van der Waals surface area contributed by atoms with E-state index in [1.165, 1.54) is 11.8 Å². The average molecular weight is 432 g/mol. The van der Waals surface area contributed by atoms with E-state index in [1.807, 2.05) is 68.6 Å². The predicted molar refractivity (Wildman–Crippen MR) is 123 cm³/mol. The molecule has 3 rings (SSSR count). The number of hydrogen-bond donors (Lipinski definition) is 0. The van der Waals surface area contributed by atoms with Gasteiger partial charge in [0.25, 0.3) is 5.91 Å². The van der Waals surface area contributed by atoms with Crippen LogP contribution in [0.5, 0.6) is 11.5 Å². The molecular weight excluding hydrogens is 410 g/mol. The molecule has 1 saturated heterocycles. The Balaban J connectivity index is 1.89. The lowest BCUT2D eigenvalue weighted by molar-refractivity contribution is -0.113. The van der Waals surface area contributed by atoms with E-state index in [4.69, 9.17) is 21.7 Å². The van der Waals surface area contributed by atoms with Crippen LogP contribution in [0.25, 0.3) is 6.08 Å². The molecule has 1 fully saturated rings. The zero-order chi connectivity index (χ0) is 20.3. The Morgan fingerprint density at radius 1 is 1.18 bits per heavy atom. The molecule has 1 amide bonds. The molecule has 0 radical (unpaired) electrons. The van der Waals surface area contributed by atoms with E-state index in [9.17, 15) is 4.79 Å². The van der Waals surface area contributed by atoms with E-state index < -0.39 is 0 Å². The number of benzene rings is 2. The van der Waals surface area contributed by atoms with E-state index >= 15 is 0 Å². The highest BCUT2D eigenvalue weighted by atomic mass is 32.2. The second-order valence-corrected chi connectivity index (χ2v) is 8.85. The van der Waals surface area contributed by atoms with Crippen LogP contribution in [-0.2, 0) is 4.79 Å². The number of anilines is 1. The van der Waals surface area contributed by atoms with Crippen LogP contribution in [0.1, 0.15) is 19.4 Å². The molecule has 4 nitrogen and oxygen atoms in total. The first kappa shape index (κ1) is 20.8. The largest absolute Gasteiger partial charge is 0.493 e. The van der Waals surface area contributed by atoms with E-state index in [-0.39, 0.29) is 12.0 Å². The van der Waals surface area contributed by atoms with E-state index in [0.29, 0.717) is 20.7 Å². The van der Waals surface area contributed by atoms with Crippen molar-refractivity contribution in [2.75, 3.05) is 18.3 Å². The molecule has 0 aromatic heterocycles. The van der Waals surface area contributed by atoms with Gasteiger partial charge in [-0.2, -0.15) is 0 Å². The summed E-state index contributed by atoms with van der Waals surface area (Å²) in [5.74, 6) is 1.19. The number of nitrogens with zero attached hydrogens (tertiary/aromatic N) is 1. The lowest BCUT2D eigenvalue weighted by Gasteiger charge is -2.15. The number of carbonyl (C=O) groups is 1. The van der Waals surface area contributed by atoms with Crippen LogP contribution in [-0.4, -0.2) is 29.7 Å². The SMILES string of the molecule is COc1cc(/C=C2\SC(=S)N(c3cccc(SC)c3)C2=O)ccc1OC(C)C. The first-order valence-corrected chi connectivity index (χ1v) is 11.1. The highest BCUT2D eigenvalue weighted by Crippen LogP contribution is 2.38. The van der Waals surface area contributed by atoms with Gasteiger partial charge < -0.3 is 9.47 Å². The van der Waals surface area contributed by atoms with E-state index in [0.717, 1.165) is 16.1 Å². The number of thiocarbonyl (C=S) groups is 1. The highest BCUT2D eigenvalue weighted by Gasteiger charge is 2.33. The molecule has 0 aliphatic carbocycles. The van der Waals surface area contributed by atoms with E-state index in [2.05, 4.69) is 0 Å². The third-order valence-electron chi connectivity index (χ3n) is 3.95. The van der Waals surface area contributed by atoms with Gasteiger partial charge in [-0.05, 0) is 62.1 Å². The van der Waals surface area contributed by atoms with Crippen molar-refractivity contribution in [2.24, 2.45) is 0 Å². The van der Waals surface area contributed by atoms with Crippen LogP contribution < -0.4 is 14.4 Å². The molecule has 0 atom stereocenters. The second-order valence-electron chi connectivity index (χ2n) is 6.30. The Morgan fingerprint density at radius 2 is 1.96 bits per heavy atom. The molecular formula is C21H21NO3S3. The number of amides is 1. The van der Waals surface area contributed by atoms with E-state index in [1.54, 1.807) is 23.8 Å². The maximum atomic E-state index is 13.0. The number of ether oxygens (including phenoxy) is 2. The van der Waals surface area contributed by atoms with Gasteiger partial charge in [-0.15, -0.1) is 11.8 Å². The van der Waals surface area contributed by atoms with Crippen molar-refractivity contribution in [3.63, 3.8) is 0 Å². The topological polar surface area (TPSA) is 38.8 Å². The zero-order valence-corrected chi connectivity index (χ0v) is 18.5. The molecule has 7 heteroatoms. The molecule has 1 aliphatic heterocycles. The van der Waals surface area contributed by atoms with Crippen molar-refractivity contribution in [1.29, 1.82) is 0 Å². The molecule has 1 aliphatic rings. The fourth-order valence-corrected chi connectivity index (χ4v) is 4.47. The van der Waals surface area contributed by atoms with Gasteiger partial charge in [0.1, 0.15) is 0 Å². The molecule has 146 valence electrons. The molecule has 1 heterocycles. The molecule has 0 bridgehead atoms. The van der Waals surface area contributed by atoms with Crippen molar-refractivity contribution in [3.8, 4) is 11.5 Å². The van der Waals surface area contributed by atoms with Gasteiger partial charge in [0, 0.05) is 4.90 Å². The van der Waals surface area contributed by atoms with Gasteiger partial charge in [-0.3, -0.25) is 9.69 Å². The Bertz CT molecular complexity index is 940. The molecule has 0 spiro atoms. The summed E-state index contributed by atoms with van der Waals surface area (Å²) in [6.45, 7) is 3.93. The number of methoxy groups -OCH3 is 1. The normalized spacial score (nSPS) is 15.6. The quantitative estimate of drug-likeness (QED) is 0.336. The van der Waals surface area contributed by atoms with Gasteiger partial charge in [0.2, 0.25) is 0 Å². The van der Waals surface area contributed by atoms with Gasteiger partial charge >= 0.3 is 0 Å². The summed E-state index contributed by atoms with van der Waals surface area (Å²) in [5.41, 5.74) is 1.64. The smallest absolute Gasteiger partial charge is 0.270 e. The minimum atomic E-state index is -0.116. The average Bonchev–Trinajstić information content (AvgIpc) is 2.95. The van der Waals surface area contributed by atoms with Crippen molar-refractivity contribution >= 4 is 57.7 Å². The third kappa shape index (κ3) is 4.54. The lowest BCUT2D eigenvalue weighted by atomic mass is 10.1. The summed E-state index contributed by atoms with van der Waals surface area (Å²) >= 11 is 8.40. The number of rotatable bonds is 6. The Kier molecular flexibility index (Phi) is 6.69. The number of carbonyl (C=O) groups excluding carboxylic acids is 1. The van der Waals surface area contributed by atoms with Crippen LogP contribution >= 0.6 is 35.7 Å². The van der Waals surface area contributed by atoms with Crippen molar-refractivity contribution in [3.05, 3.63) is 52.9 Å². The van der Waals surface area contributed by atoms with Crippen LogP contribution in [0, 0.1) is 0 Å². The molecule has 2 aromatic carbocycles. The van der Waals surface area contributed by atoms with Crippen LogP contribution in [0.3, 0.4) is 0 Å².